The number of nitrogens with one attached hydrogen (secondary N) is 1. The van der Waals surface area contributed by atoms with Crippen LogP contribution in [0.3, 0.4) is 0 Å². The molecular formula is C19H23N5OS. The molecule has 0 bridgehead atoms. The lowest BCUT2D eigenvalue weighted by Gasteiger charge is -2.17. The summed E-state index contributed by atoms with van der Waals surface area (Å²) in [6.45, 7) is 7.92. The maximum atomic E-state index is 12.6. The van der Waals surface area contributed by atoms with E-state index in [4.69, 9.17) is 0 Å². The van der Waals surface area contributed by atoms with Gasteiger partial charge < -0.3 is 5.32 Å². The minimum absolute atomic E-state index is 0.0293. The van der Waals surface area contributed by atoms with Crippen LogP contribution in [0.15, 0.2) is 29.4 Å². The van der Waals surface area contributed by atoms with Crippen LogP contribution in [0.5, 0.6) is 0 Å². The fraction of sp³-hybridized carbons (Fsp3) is 0.368. The van der Waals surface area contributed by atoms with Crippen LogP contribution in [0.2, 0.25) is 0 Å². The molecule has 136 valence electrons. The van der Waals surface area contributed by atoms with E-state index < -0.39 is 0 Å². The molecule has 0 aliphatic rings. The van der Waals surface area contributed by atoms with Crippen molar-refractivity contribution in [1.29, 1.82) is 0 Å². The summed E-state index contributed by atoms with van der Waals surface area (Å²) >= 11 is 1.47. The van der Waals surface area contributed by atoms with Gasteiger partial charge in [-0.3, -0.25) is 4.79 Å². The fourth-order valence-electron chi connectivity index (χ4n) is 3.14. The van der Waals surface area contributed by atoms with E-state index >= 15 is 0 Å². The second-order valence-corrected chi connectivity index (χ2v) is 7.17. The molecule has 6 nitrogen and oxygen atoms in total. The van der Waals surface area contributed by atoms with E-state index in [0.717, 1.165) is 22.5 Å². The third kappa shape index (κ3) is 3.58. The van der Waals surface area contributed by atoms with Crippen molar-refractivity contribution in [3.63, 3.8) is 0 Å². The second kappa shape index (κ2) is 7.45. The summed E-state index contributed by atoms with van der Waals surface area (Å²) in [6, 6.07) is 8.05. The van der Waals surface area contributed by atoms with Gasteiger partial charge in [0.2, 0.25) is 11.1 Å². The molecule has 2 heterocycles. The first-order chi connectivity index (χ1) is 12.4. The number of hydrogen-bond donors (Lipinski definition) is 1. The number of carbonyl (C=O) groups excluding carboxylic acids is 1. The van der Waals surface area contributed by atoms with Crippen molar-refractivity contribution in [2.45, 2.75) is 45.3 Å². The van der Waals surface area contributed by atoms with Gasteiger partial charge in [-0.2, -0.15) is 4.98 Å². The van der Waals surface area contributed by atoms with Crippen LogP contribution in [0.25, 0.3) is 5.78 Å². The van der Waals surface area contributed by atoms with E-state index in [1.54, 1.807) is 4.52 Å². The van der Waals surface area contributed by atoms with Crippen molar-refractivity contribution in [2.75, 3.05) is 6.26 Å². The first-order valence-electron chi connectivity index (χ1n) is 8.52. The Morgan fingerprint density at radius 3 is 2.65 bits per heavy atom. The highest BCUT2D eigenvalue weighted by molar-refractivity contribution is 7.98. The minimum atomic E-state index is -0.0459. The van der Waals surface area contributed by atoms with E-state index in [2.05, 4.69) is 33.4 Å². The molecule has 0 saturated heterocycles. The van der Waals surface area contributed by atoms with Gasteiger partial charge in [0.25, 0.3) is 5.78 Å². The Bertz CT molecular complexity index is 966. The number of aryl methyl sites for hydroxylation is 3. The highest BCUT2D eigenvalue weighted by Crippen LogP contribution is 2.19. The molecular weight excluding hydrogens is 346 g/mol. The first-order valence-corrected chi connectivity index (χ1v) is 9.75. The summed E-state index contributed by atoms with van der Waals surface area (Å²) in [7, 11) is 0. The standard InChI is InChI=1S/C19H23N5OS/c1-11-8-6-7-9-15(11)12(2)20-17(25)10-16-13(3)21-18-22-19(26-5)23-24(18)14(16)4/h6-9,12H,10H2,1-5H3,(H,20,25)/t12-/m1/s1. The van der Waals surface area contributed by atoms with E-state index in [9.17, 15) is 4.79 Å². The summed E-state index contributed by atoms with van der Waals surface area (Å²) in [5.74, 6) is 0.542. The molecule has 0 saturated carbocycles. The quantitative estimate of drug-likeness (QED) is 0.699. The predicted molar refractivity (Wildman–Crippen MR) is 103 cm³/mol. The smallest absolute Gasteiger partial charge is 0.253 e. The summed E-state index contributed by atoms with van der Waals surface area (Å²) < 4.78 is 1.71. The van der Waals surface area contributed by atoms with Crippen molar-refractivity contribution in [3.8, 4) is 0 Å². The average molecular weight is 369 g/mol. The molecule has 1 aromatic carbocycles. The van der Waals surface area contributed by atoms with Crippen LogP contribution in [-0.2, 0) is 11.2 Å². The van der Waals surface area contributed by atoms with Gasteiger partial charge >= 0.3 is 0 Å². The maximum Gasteiger partial charge on any atom is 0.253 e. The minimum Gasteiger partial charge on any atom is -0.349 e. The lowest BCUT2D eigenvalue weighted by Crippen LogP contribution is -2.29. The van der Waals surface area contributed by atoms with E-state index in [-0.39, 0.29) is 18.4 Å². The van der Waals surface area contributed by atoms with Crippen molar-refractivity contribution in [2.24, 2.45) is 0 Å². The maximum absolute atomic E-state index is 12.6. The second-order valence-electron chi connectivity index (χ2n) is 6.39. The molecule has 0 radical (unpaired) electrons. The number of hydrogen-bond acceptors (Lipinski definition) is 5. The van der Waals surface area contributed by atoms with Gasteiger partial charge in [-0.15, -0.1) is 5.10 Å². The number of amides is 1. The lowest BCUT2D eigenvalue weighted by atomic mass is 10.0. The van der Waals surface area contributed by atoms with Crippen LogP contribution in [0.1, 0.15) is 41.0 Å². The van der Waals surface area contributed by atoms with Gasteiger partial charge in [0.1, 0.15) is 0 Å². The largest absolute Gasteiger partial charge is 0.349 e. The zero-order valence-corrected chi connectivity index (χ0v) is 16.5. The molecule has 1 N–H and O–H groups in total. The number of rotatable bonds is 5. The number of fused-ring (bicyclic) bond motifs is 1. The number of nitrogens with zero attached hydrogens (tertiary/aromatic N) is 4. The van der Waals surface area contributed by atoms with Crippen LogP contribution < -0.4 is 5.32 Å². The van der Waals surface area contributed by atoms with Crippen LogP contribution in [-0.4, -0.2) is 31.7 Å². The number of thioether (sulfide) groups is 1. The molecule has 2 aromatic heterocycles. The molecule has 1 amide bonds. The van der Waals surface area contributed by atoms with Gasteiger partial charge in [-0.1, -0.05) is 36.0 Å². The SMILES string of the molecule is CSc1nc2nc(C)c(CC(=O)N[C@H](C)c3ccccc3C)c(C)n2n1. The van der Waals surface area contributed by atoms with Gasteiger partial charge in [0, 0.05) is 17.0 Å². The fourth-order valence-corrected chi connectivity index (χ4v) is 3.47. The Labute approximate surface area is 157 Å². The average Bonchev–Trinajstić information content (AvgIpc) is 3.02. The van der Waals surface area contributed by atoms with Crippen molar-refractivity contribution in [1.82, 2.24) is 24.9 Å². The third-order valence-corrected chi connectivity index (χ3v) is 5.12. The zero-order valence-electron chi connectivity index (χ0n) is 15.7. The number of carbonyl (C=O) groups is 1. The molecule has 0 fully saturated rings. The van der Waals surface area contributed by atoms with Crippen LogP contribution >= 0.6 is 11.8 Å². The Morgan fingerprint density at radius 2 is 1.96 bits per heavy atom. The summed E-state index contributed by atoms with van der Waals surface area (Å²) in [6.07, 6.45) is 2.20. The van der Waals surface area contributed by atoms with Gasteiger partial charge in [0.15, 0.2) is 0 Å². The number of aromatic nitrogens is 4. The van der Waals surface area contributed by atoms with E-state index in [1.807, 2.05) is 45.2 Å². The Balaban J connectivity index is 1.82. The molecule has 0 spiro atoms. The molecule has 3 rings (SSSR count). The van der Waals surface area contributed by atoms with E-state index in [1.165, 1.54) is 17.3 Å². The third-order valence-electron chi connectivity index (χ3n) is 4.58. The highest BCUT2D eigenvalue weighted by Gasteiger charge is 2.17. The van der Waals surface area contributed by atoms with Crippen LogP contribution in [0, 0.1) is 20.8 Å². The molecule has 26 heavy (non-hydrogen) atoms. The monoisotopic (exact) mass is 369 g/mol. The van der Waals surface area contributed by atoms with Crippen molar-refractivity contribution in [3.05, 3.63) is 52.3 Å². The topological polar surface area (TPSA) is 72.2 Å². The Hall–Kier alpha value is -2.41. The normalized spacial score (nSPS) is 12.3. The van der Waals surface area contributed by atoms with Crippen LogP contribution in [0.4, 0.5) is 0 Å². The molecule has 0 aliphatic carbocycles. The first kappa shape index (κ1) is 18.4. The van der Waals surface area contributed by atoms with Gasteiger partial charge in [-0.25, -0.2) is 9.50 Å². The summed E-state index contributed by atoms with van der Waals surface area (Å²) in [5, 5.41) is 8.20. The zero-order chi connectivity index (χ0) is 18.8. The lowest BCUT2D eigenvalue weighted by molar-refractivity contribution is -0.121. The van der Waals surface area contributed by atoms with Crippen molar-refractivity contribution >= 4 is 23.4 Å². The van der Waals surface area contributed by atoms with E-state index in [0.29, 0.717) is 10.9 Å². The summed E-state index contributed by atoms with van der Waals surface area (Å²) in [5.41, 5.74) is 4.91. The molecule has 0 unspecified atom stereocenters. The van der Waals surface area contributed by atoms with Crippen molar-refractivity contribution < 1.29 is 4.79 Å². The van der Waals surface area contributed by atoms with Gasteiger partial charge in [0.05, 0.1) is 12.5 Å². The Morgan fingerprint density at radius 1 is 1.23 bits per heavy atom. The highest BCUT2D eigenvalue weighted by atomic mass is 32.2. The molecule has 1 atom stereocenters. The predicted octanol–water partition coefficient (Wildman–Crippen LogP) is 3.19. The molecule has 0 aliphatic heterocycles. The number of benzene rings is 1. The molecule has 3 aromatic rings. The molecule has 7 heteroatoms. The van der Waals surface area contributed by atoms with Gasteiger partial charge in [-0.05, 0) is 45.1 Å². The summed E-state index contributed by atoms with van der Waals surface area (Å²) in [4.78, 5) is 21.5. The Kier molecular flexibility index (Phi) is 5.27.